The molecule has 1 aliphatic rings. The molecule has 2 aromatic rings. The minimum atomic E-state index is -3.54. The summed E-state index contributed by atoms with van der Waals surface area (Å²) in [6, 6.07) is 14.5. The Morgan fingerprint density at radius 1 is 1.10 bits per heavy atom. The molecule has 152 valence electrons. The SMILES string of the molecule is Cc1cc(C)cc(S(=O)(=O)N2CCC(C(=O)NCc3ccc(C#N)cc3)CC2)c1. The van der Waals surface area contributed by atoms with Crippen LogP contribution in [0.25, 0.3) is 0 Å². The molecule has 1 saturated heterocycles. The maximum absolute atomic E-state index is 12.9. The molecule has 29 heavy (non-hydrogen) atoms. The molecule has 0 saturated carbocycles. The lowest BCUT2D eigenvalue weighted by molar-refractivity contribution is -0.126. The van der Waals surface area contributed by atoms with Gasteiger partial charge in [-0.1, -0.05) is 18.2 Å². The van der Waals surface area contributed by atoms with Crippen LogP contribution in [-0.4, -0.2) is 31.7 Å². The summed E-state index contributed by atoms with van der Waals surface area (Å²) in [6.45, 7) is 4.84. The number of nitrogens with zero attached hydrogens (tertiary/aromatic N) is 2. The van der Waals surface area contributed by atoms with Crippen LogP contribution in [0.4, 0.5) is 0 Å². The molecule has 0 atom stereocenters. The molecule has 1 aliphatic heterocycles. The normalized spacial score (nSPS) is 15.6. The fourth-order valence-corrected chi connectivity index (χ4v) is 5.28. The number of carbonyl (C=O) groups is 1. The van der Waals surface area contributed by atoms with Gasteiger partial charge in [-0.3, -0.25) is 4.79 Å². The van der Waals surface area contributed by atoms with E-state index in [1.807, 2.05) is 32.0 Å². The van der Waals surface area contributed by atoms with Gasteiger partial charge in [-0.15, -0.1) is 0 Å². The molecule has 1 heterocycles. The number of carbonyl (C=O) groups excluding carboxylic acids is 1. The Morgan fingerprint density at radius 3 is 2.24 bits per heavy atom. The number of piperidine rings is 1. The highest BCUT2D eigenvalue weighted by Gasteiger charge is 2.32. The molecule has 3 rings (SSSR count). The van der Waals surface area contributed by atoms with Crippen LogP contribution >= 0.6 is 0 Å². The van der Waals surface area contributed by atoms with Gasteiger partial charge in [0.15, 0.2) is 0 Å². The summed E-state index contributed by atoms with van der Waals surface area (Å²) in [7, 11) is -3.54. The van der Waals surface area contributed by atoms with Gasteiger partial charge in [0.25, 0.3) is 0 Å². The number of rotatable bonds is 5. The van der Waals surface area contributed by atoms with Crippen molar-refractivity contribution in [1.29, 1.82) is 5.26 Å². The van der Waals surface area contributed by atoms with Crippen molar-refractivity contribution < 1.29 is 13.2 Å². The van der Waals surface area contributed by atoms with Crippen molar-refractivity contribution in [3.63, 3.8) is 0 Å². The van der Waals surface area contributed by atoms with Crippen molar-refractivity contribution in [3.05, 3.63) is 64.7 Å². The van der Waals surface area contributed by atoms with Gasteiger partial charge in [-0.2, -0.15) is 9.57 Å². The molecule has 1 fully saturated rings. The zero-order chi connectivity index (χ0) is 21.0. The Hall–Kier alpha value is -2.69. The Bertz CT molecular complexity index is 1010. The summed E-state index contributed by atoms with van der Waals surface area (Å²) in [5.74, 6) is -0.253. The second-order valence-corrected chi connectivity index (χ2v) is 9.47. The zero-order valence-corrected chi connectivity index (χ0v) is 17.5. The van der Waals surface area contributed by atoms with Crippen LogP contribution < -0.4 is 5.32 Å². The lowest BCUT2D eigenvalue weighted by Gasteiger charge is -2.30. The lowest BCUT2D eigenvalue weighted by atomic mass is 9.97. The van der Waals surface area contributed by atoms with Crippen LogP contribution in [-0.2, 0) is 21.4 Å². The molecular formula is C22H25N3O3S. The number of aryl methyl sites for hydroxylation is 2. The van der Waals surface area contributed by atoms with Gasteiger partial charge in [-0.25, -0.2) is 8.42 Å². The van der Waals surface area contributed by atoms with Gasteiger partial charge in [0.05, 0.1) is 16.5 Å². The number of hydrogen-bond donors (Lipinski definition) is 1. The molecule has 0 aromatic heterocycles. The fourth-order valence-electron chi connectivity index (χ4n) is 3.62. The molecule has 6 nitrogen and oxygen atoms in total. The number of benzene rings is 2. The minimum absolute atomic E-state index is 0.0576. The van der Waals surface area contributed by atoms with Gasteiger partial charge in [-0.05, 0) is 67.6 Å². The van der Waals surface area contributed by atoms with E-state index in [-0.39, 0.29) is 11.8 Å². The van der Waals surface area contributed by atoms with Gasteiger partial charge < -0.3 is 5.32 Å². The predicted molar refractivity (Wildman–Crippen MR) is 110 cm³/mol. The highest BCUT2D eigenvalue weighted by atomic mass is 32.2. The van der Waals surface area contributed by atoms with Crippen molar-refractivity contribution in [3.8, 4) is 6.07 Å². The first-order valence-electron chi connectivity index (χ1n) is 9.65. The van der Waals surface area contributed by atoms with Crippen LogP contribution in [0.3, 0.4) is 0 Å². The number of hydrogen-bond acceptors (Lipinski definition) is 4. The third-order valence-corrected chi connectivity index (χ3v) is 7.08. The lowest BCUT2D eigenvalue weighted by Crippen LogP contribution is -2.42. The van der Waals surface area contributed by atoms with Gasteiger partial charge in [0, 0.05) is 25.6 Å². The topological polar surface area (TPSA) is 90.3 Å². The van der Waals surface area contributed by atoms with Crippen LogP contribution in [0.2, 0.25) is 0 Å². The Balaban J connectivity index is 1.56. The molecule has 7 heteroatoms. The quantitative estimate of drug-likeness (QED) is 0.819. The first kappa shape index (κ1) is 21.0. The van der Waals surface area contributed by atoms with Gasteiger partial charge in [0.2, 0.25) is 15.9 Å². The second-order valence-electron chi connectivity index (χ2n) is 7.53. The van der Waals surface area contributed by atoms with Crippen molar-refractivity contribution in [1.82, 2.24) is 9.62 Å². The molecule has 2 aromatic carbocycles. The molecule has 0 radical (unpaired) electrons. The van der Waals surface area contributed by atoms with E-state index in [2.05, 4.69) is 11.4 Å². The van der Waals surface area contributed by atoms with Crippen molar-refractivity contribution in [2.24, 2.45) is 5.92 Å². The first-order valence-corrected chi connectivity index (χ1v) is 11.1. The van der Waals surface area contributed by atoms with E-state index in [0.29, 0.717) is 42.9 Å². The van der Waals surface area contributed by atoms with E-state index in [4.69, 9.17) is 5.26 Å². The molecule has 0 bridgehead atoms. The number of nitrogens with one attached hydrogen (secondary N) is 1. The number of sulfonamides is 1. The summed E-state index contributed by atoms with van der Waals surface area (Å²) in [6.07, 6.45) is 1.01. The zero-order valence-electron chi connectivity index (χ0n) is 16.7. The molecule has 0 aliphatic carbocycles. The van der Waals surface area contributed by atoms with Crippen LogP contribution in [0.1, 0.15) is 35.1 Å². The molecule has 1 amide bonds. The third kappa shape index (κ3) is 5.03. The van der Waals surface area contributed by atoms with E-state index in [9.17, 15) is 13.2 Å². The van der Waals surface area contributed by atoms with Crippen molar-refractivity contribution in [2.75, 3.05) is 13.1 Å². The minimum Gasteiger partial charge on any atom is -0.352 e. The number of amides is 1. The average Bonchev–Trinajstić information content (AvgIpc) is 2.71. The first-order chi connectivity index (χ1) is 13.8. The summed E-state index contributed by atoms with van der Waals surface area (Å²) in [4.78, 5) is 12.8. The molecular weight excluding hydrogens is 386 g/mol. The van der Waals surface area contributed by atoms with Crippen LogP contribution in [0.15, 0.2) is 47.4 Å². The average molecular weight is 412 g/mol. The second kappa shape index (κ2) is 8.76. The van der Waals surface area contributed by atoms with Gasteiger partial charge in [0.1, 0.15) is 0 Å². The van der Waals surface area contributed by atoms with E-state index < -0.39 is 10.0 Å². The summed E-state index contributed by atoms with van der Waals surface area (Å²) < 4.78 is 27.3. The summed E-state index contributed by atoms with van der Waals surface area (Å²) in [5, 5.41) is 11.7. The van der Waals surface area contributed by atoms with Gasteiger partial charge >= 0.3 is 0 Å². The highest BCUT2D eigenvalue weighted by molar-refractivity contribution is 7.89. The Labute approximate surface area is 172 Å². The predicted octanol–water partition coefficient (Wildman–Crippen LogP) is 2.89. The number of nitriles is 1. The van der Waals surface area contributed by atoms with E-state index in [1.54, 1.807) is 24.3 Å². The third-order valence-electron chi connectivity index (χ3n) is 5.21. The summed E-state index contributed by atoms with van der Waals surface area (Å²) in [5.41, 5.74) is 3.34. The maximum atomic E-state index is 12.9. The fraction of sp³-hybridized carbons (Fsp3) is 0.364. The van der Waals surface area contributed by atoms with E-state index in [0.717, 1.165) is 16.7 Å². The van der Waals surface area contributed by atoms with E-state index in [1.165, 1.54) is 4.31 Å². The van der Waals surface area contributed by atoms with E-state index >= 15 is 0 Å². The Morgan fingerprint density at radius 2 is 1.69 bits per heavy atom. The molecule has 0 unspecified atom stereocenters. The smallest absolute Gasteiger partial charge is 0.243 e. The van der Waals surface area contributed by atoms with Crippen molar-refractivity contribution >= 4 is 15.9 Å². The molecule has 0 spiro atoms. The monoisotopic (exact) mass is 411 g/mol. The van der Waals surface area contributed by atoms with Crippen LogP contribution in [0.5, 0.6) is 0 Å². The standard InChI is InChI=1S/C22H25N3O3S/c1-16-11-17(2)13-21(12-16)29(27,28)25-9-7-20(8-10-25)22(26)24-15-19-5-3-18(14-23)4-6-19/h3-6,11-13,20H,7-10,15H2,1-2H3,(H,24,26). The summed E-state index contributed by atoms with van der Waals surface area (Å²) >= 11 is 0. The maximum Gasteiger partial charge on any atom is 0.243 e. The molecule has 1 N–H and O–H groups in total. The highest BCUT2D eigenvalue weighted by Crippen LogP contribution is 2.25. The van der Waals surface area contributed by atoms with Crippen molar-refractivity contribution in [2.45, 2.75) is 38.1 Å². The van der Waals surface area contributed by atoms with Crippen LogP contribution in [0, 0.1) is 31.1 Å². The Kier molecular flexibility index (Phi) is 6.36. The largest absolute Gasteiger partial charge is 0.352 e.